The second-order valence-corrected chi connectivity index (χ2v) is 6.10. The van der Waals surface area contributed by atoms with Crippen LogP contribution in [0.3, 0.4) is 0 Å². The van der Waals surface area contributed by atoms with E-state index in [4.69, 9.17) is 14.2 Å². The lowest BCUT2D eigenvalue weighted by Crippen LogP contribution is -2.09. The topological polar surface area (TPSA) is 87.9 Å². The Morgan fingerprint density at radius 3 is 2.76 bits per heavy atom. The Morgan fingerprint density at radius 2 is 2.00 bits per heavy atom. The van der Waals surface area contributed by atoms with Crippen LogP contribution in [0.1, 0.15) is 22.8 Å². The third kappa shape index (κ3) is 3.80. The molecule has 128 valence electrons. The number of hydrogen-bond acceptors (Lipinski definition) is 6. The van der Waals surface area contributed by atoms with Gasteiger partial charge in [-0.05, 0) is 36.4 Å². The molecule has 3 rings (SSSR count). The van der Waals surface area contributed by atoms with Crippen molar-refractivity contribution in [2.24, 2.45) is 0 Å². The molecule has 0 radical (unpaired) electrons. The van der Waals surface area contributed by atoms with Crippen molar-refractivity contribution in [1.29, 1.82) is 0 Å². The highest BCUT2D eigenvalue weighted by molar-refractivity contribution is 9.10. The van der Waals surface area contributed by atoms with Gasteiger partial charge in [-0.25, -0.2) is 4.79 Å². The Balaban J connectivity index is 1.88. The van der Waals surface area contributed by atoms with Gasteiger partial charge in [-0.3, -0.25) is 10.1 Å². The maximum absolute atomic E-state index is 12.4. The molecule has 2 aromatic carbocycles. The summed E-state index contributed by atoms with van der Waals surface area (Å²) in [6, 6.07) is 9.59. The monoisotopic (exact) mass is 405 g/mol. The molecule has 0 saturated heterocycles. The van der Waals surface area contributed by atoms with Gasteiger partial charge in [0.15, 0.2) is 11.5 Å². The SMILES string of the molecule is C/C(=C\c1cc(Br)ccc1OC(=O)c1ccc2c(c1)OCO2)[N+](=O)[O-]. The normalized spacial score (nSPS) is 12.8. The molecule has 0 amide bonds. The van der Waals surface area contributed by atoms with E-state index < -0.39 is 10.9 Å². The number of allylic oxidation sites excluding steroid dienone is 1. The molecule has 0 unspecified atom stereocenters. The highest BCUT2D eigenvalue weighted by atomic mass is 79.9. The largest absolute Gasteiger partial charge is 0.454 e. The summed E-state index contributed by atoms with van der Waals surface area (Å²) in [6.07, 6.45) is 1.34. The van der Waals surface area contributed by atoms with E-state index >= 15 is 0 Å². The van der Waals surface area contributed by atoms with Crippen LogP contribution in [0.25, 0.3) is 6.08 Å². The minimum absolute atomic E-state index is 0.0709. The number of carbonyl (C=O) groups is 1. The van der Waals surface area contributed by atoms with Crippen molar-refractivity contribution in [2.45, 2.75) is 6.92 Å². The molecule has 1 heterocycles. The molecule has 1 aliphatic heterocycles. The number of benzene rings is 2. The third-order valence-electron chi connectivity index (χ3n) is 3.44. The second-order valence-electron chi connectivity index (χ2n) is 5.18. The fourth-order valence-electron chi connectivity index (χ4n) is 2.19. The second kappa shape index (κ2) is 6.94. The molecule has 0 aromatic heterocycles. The van der Waals surface area contributed by atoms with E-state index in [-0.39, 0.29) is 23.8 Å². The minimum Gasteiger partial charge on any atom is -0.454 e. The summed E-state index contributed by atoms with van der Waals surface area (Å²) in [5.41, 5.74) is 0.629. The minimum atomic E-state index is -0.603. The van der Waals surface area contributed by atoms with Crippen molar-refractivity contribution < 1.29 is 23.9 Å². The first-order valence-corrected chi connectivity index (χ1v) is 7.97. The van der Waals surface area contributed by atoms with Crippen molar-refractivity contribution in [1.82, 2.24) is 0 Å². The average Bonchev–Trinajstić information content (AvgIpc) is 3.04. The van der Waals surface area contributed by atoms with Crippen molar-refractivity contribution in [3.05, 3.63) is 67.8 Å². The molecule has 2 aromatic rings. The van der Waals surface area contributed by atoms with E-state index in [1.807, 2.05) is 0 Å². The predicted octanol–water partition coefficient (Wildman–Crippen LogP) is 4.03. The van der Waals surface area contributed by atoms with Gasteiger partial charge < -0.3 is 14.2 Å². The predicted molar refractivity (Wildman–Crippen MR) is 92.3 cm³/mol. The molecule has 0 aliphatic carbocycles. The Kier molecular flexibility index (Phi) is 4.71. The van der Waals surface area contributed by atoms with Gasteiger partial charge >= 0.3 is 5.97 Å². The zero-order chi connectivity index (χ0) is 18.0. The average molecular weight is 406 g/mol. The van der Waals surface area contributed by atoms with Crippen molar-refractivity contribution in [2.75, 3.05) is 6.79 Å². The summed E-state index contributed by atoms with van der Waals surface area (Å²) in [5, 5.41) is 10.8. The zero-order valence-corrected chi connectivity index (χ0v) is 14.6. The molecule has 7 nitrogen and oxygen atoms in total. The van der Waals surface area contributed by atoms with E-state index in [0.29, 0.717) is 21.5 Å². The first-order chi connectivity index (χ1) is 11.9. The summed E-state index contributed by atoms with van der Waals surface area (Å²) in [6.45, 7) is 1.47. The molecule has 8 heteroatoms. The molecule has 0 spiro atoms. The van der Waals surface area contributed by atoms with Crippen molar-refractivity contribution in [3.63, 3.8) is 0 Å². The number of nitrogens with zero attached hydrogens (tertiary/aromatic N) is 1. The maximum Gasteiger partial charge on any atom is 0.343 e. The molecular formula is C17H12BrNO6. The van der Waals surface area contributed by atoms with Crippen LogP contribution in [0.15, 0.2) is 46.6 Å². The number of fused-ring (bicyclic) bond motifs is 1. The van der Waals surface area contributed by atoms with Crippen molar-refractivity contribution in [3.8, 4) is 17.2 Å². The summed E-state index contributed by atoms with van der Waals surface area (Å²) < 4.78 is 16.5. The maximum atomic E-state index is 12.4. The number of rotatable bonds is 4. The van der Waals surface area contributed by atoms with E-state index in [1.165, 1.54) is 19.1 Å². The highest BCUT2D eigenvalue weighted by Gasteiger charge is 2.18. The molecule has 0 atom stereocenters. The molecule has 0 bridgehead atoms. The zero-order valence-electron chi connectivity index (χ0n) is 13.0. The lowest BCUT2D eigenvalue weighted by Gasteiger charge is -2.08. The standard InChI is InChI=1S/C17H12BrNO6/c1-10(19(21)22)6-12-7-13(18)3-5-14(12)25-17(20)11-2-4-15-16(8-11)24-9-23-15/h2-8H,9H2,1H3/b10-6+. The van der Waals surface area contributed by atoms with Crippen LogP contribution in [0.5, 0.6) is 17.2 Å². The molecule has 25 heavy (non-hydrogen) atoms. The van der Waals surface area contributed by atoms with Gasteiger partial charge in [-0.2, -0.15) is 0 Å². The van der Waals surface area contributed by atoms with E-state index in [2.05, 4.69) is 15.9 Å². The summed E-state index contributed by atoms with van der Waals surface area (Å²) in [4.78, 5) is 22.7. The number of carbonyl (C=O) groups excluding carboxylic acids is 1. The van der Waals surface area contributed by atoms with Crippen LogP contribution in [0.2, 0.25) is 0 Å². The van der Waals surface area contributed by atoms with Crippen LogP contribution in [-0.4, -0.2) is 17.7 Å². The first kappa shape index (κ1) is 17.0. The van der Waals surface area contributed by atoms with Crippen molar-refractivity contribution >= 4 is 28.0 Å². The van der Waals surface area contributed by atoms with E-state index in [0.717, 1.165) is 0 Å². The number of halogens is 1. The summed E-state index contributed by atoms with van der Waals surface area (Å²) in [5.74, 6) is 0.640. The summed E-state index contributed by atoms with van der Waals surface area (Å²) in [7, 11) is 0. The van der Waals surface area contributed by atoms with Crippen LogP contribution in [0, 0.1) is 10.1 Å². The van der Waals surface area contributed by atoms with Gasteiger partial charge in [0.1, 0.15) is 5.75 Å². The molecule has 1 aliphatic rings. The first-order valence-electron chi connectivity index (χ1n) is 7.18. The number of nitro groups is 1. The quantitative estimate of drug-likeness (QED) is 0.330. The molecule has 0 N–H and O–H groups in total. The van der Waals surface area contributed by atoms with Gasteiger partial charge in [-0.1, -0.05) is 15.9 Å². The van der Waals surface area contributed by atoms with Crippen LogP contribution < -0.4 is 14.2 Å². The van der Waals surface area contributed by atoms with Gasteiger partial charge in [0.25, 0.3) is 0 Å². The molecule has 0 fully saturated rings. The smallest absolute Gasteiger partial charge is 0.343 e. The Labute approximate surface area is 151 Å². The lowest BCUT2D eigenvalue weighted by atomic mass is 10.1. The molecule has 0 saturated carbocycles. The Hall–Kier alpha value is -2.87. The molecular weight excluding hydrogens is 394 g/mol. The van der Waals surface area contributed by atoms with E-state index in [9.17, 15) is 14.9 Å². The van der Waals surface area contributed by atoms with Crippen LogP contribution in [-0.2, 0) is 0 Å². The Morgan fingerprint density at radius 1 is 1.24 bits per heavy atom. The van der Waals surface area contributed by atoms with Crippen LogP contribution in [0.4, 0.5) is 0 Å². The van der Waals surface area contributed by atoms with E-state index in [1.54, 1.807) is 30.3 Å². The summed E-state index contributed by atoms with van der Waals surface area (Å²) >= 11 is 3.30. The van der Waals surface area contributed by atoms with Gasteiger partial charge in [0.2, 0.25) is 12.5 Å². The lowest BCUT2D eigenvalue weighted by molar-refractivity contribution is -0.422. The van der Waals surface area contributed by atoms with Gasteiger partial charge in [0.05, 0.1) is 10.5 Å². The fourth-order valence-corrected chi connectivity index (χ4v) is 2.56. The Bertz CT molecular complexity index is 893. The third-order valence-corrected chi connectivity index (χ3v) is 3.93. The number of esters is 1. The highest BCUT2D eigenvalue weighted by Crippen LogP contribution is 2.33. The number of ether oxygens (including phenoxy) is 3. The number of hydrogen-bond donors (Lipinski definition) is 0. The van der Waals surface area contributed by atoms with Gasteiger partial charge in [0, 0.05) is 23.0 Å². The fraction of sp³-hybridized carbons (Fsp3) is 0.118. The van der Waals surface area contributed by atoms with Crippen LogP contribution >= 0.6 is 15.9 Å². The van der Waals surface area contributed by atoms with Gasteiger partial charge in [-0.15, -0.1) is 0 Å².